The summed E-state index contributed by atoms with van der Waals surface area (Å²) in [6, 6.07) is 1.77. The summed E-state index contributed by atoms with van der Waals surface area (Å²) in [6.07, 6.45) is -4.57. The molecule has 0 aromatic heterocycles. The second-order valence-electron chi connectivity index (χ2n) is 2.26. The van der Waals surface area contributed by atoms with Gasteiger partial charge in [-0.15, -0.1) is 12.6 Å². The Balaban J connectivity index is 3.35. The molecule has 1 aromatic carbocycles. The predicted molar refractivity (Wildman–Crippen MR) is 46.4 cm³/mol. The first kappa shape index (κ1) is 10.8. The number of halogens is 5. The number of hydrogen-bond acceptors (Lipinski definition) is 1. The Morgan fingerprint density at radius 1 is 1.23 bits per heavy atom. The van der Waals surface area contributed by atoms with Crippen LogP contribution in [-0.2, 0) is 6.18 Å². The van der Waals surface area contributed by atoms with Gasteiger partial charge in [0.15, 0.2) is 5.82 Å². The van der Waals surface area contributed by atoms with Gasteiger partial charge in [-0.2, -0.15) is 13.2 Å². The molecular weight excluding hydrogens is 272 g/mol. The molecule has 0 atom stereocenters. The molecule has 0 heterocycles. The summed E-state index contributed by atoms with van der Waals surface area (Å²) < 4.78 is 49.3. The normalized spacial score (nSPS) is 11.8. The first-order chi connectivity index (χ1) is 5.84. The zero-order valence-corrected chi connectivity index (χ0v) is 8.47. The third-order valence-electron chi connectivity index (χ3n) is 1.37. The van der Waals surface area contributed by atoms with Crippen molar-refractivity contribution in [3.05, 3.63) is 28.0 Å². The molecule has 0 saturated carbocycles. The Bertz CT molecular complexity index is 334. The minimum absolute atomic E-state index is 0.0366. The Morgan fingerprint density at radius 3 is 2.23 bits per heavy atom. The first-order valence-corrected chi connectivity index (χ1v) is 4.32. The van der Waals surface area contributed by atoms with Gasteiger partial charge >= 0.3 is 6.18 Å². The Hall–Kier alpha value is -0.230. The summed E-state index contributed by atoms with van der Waals surface area (Å²) in [5.41, 5.74) is -1.07. The molecule has 0 spiro atoms. The monoisotopic (exact) mass is 274 g/mol. The summed E-state index contributed by atoms with van der Waals surface area (Å²) in [6.45, 7) is 0. The van der Waals surface area contributed by atoms with E-state index in [0.717, 1.165) is 12.1 Å². The average molecular weight is 275 g/mol. The second kappa shape index (κ2) is 3.49. The molecule has 0 aliphatic rings. The van der Waals surface area contributed by atoms with Gasteiger partial charge in [0.05, 0.1) is 14.9 Å². The Kier molecular flexibility index (Phi) is 2.91. The summed E-state index contributed by atoms with van der Waals surface area (Å²) in [7, 11) is 0. The van der Waals surface area contributed by atoms with E-state index in [2.05, 4.69) is 28.6 Å². The van der Waals surface area contributed by atoms with E-state index in [-0.39, 0.29) is 4.47 Å². The van der Waals surface area contributed by atoms with E-state index in [1.807, 2.05) is 0 Å². The maximum Gasteiger partial charge on any atom is 0.417 e. The number of hydrogen-bond donors (Lipinski definition) is 1. The van der Waals surface area contributed by atoms with Gasteiger partial charge in [-0.25, -0.2) is 4.39 Å². The van der Waals surface area contributed by atoms with Gasteiger partial charge in [0.2, 0.25) is 0 Å². The van der Waals surface area contributed by atoms with Gasteiger partial charge in [0.1, 0.15) is 0 Å². The van der Waals surface area contributed by atoms with Gasteiger partial charge in [0, 0.05) is 0 Å². The van der Waals surface area contributed by atoms with Crippen molar-refractivity contribution in [3.8, 4) is 0 Å². The lowest BCUT2D eigenvalue weighted by atomic mass is 10.2. The minimum Gasteiger partial charge on any atom is -0.205 e. The molecule has 0 saturated heterocycles. The predicted octanol–water partition coefficient (Wildman–Crippen LogP) is 3.90. The van der Waals surface area contributed by atoms with Gasteiger partial charge < -0.3 is 0 Å². The van der Waals surface area contributed by atoms with Gasteiger partial charge in [-0.05, 0) is 28.1 Å². The van der Waals surface area contributed by atoms with E-state index in [9.17, 15) is 17.6 Å². The van der Waals surface area contributed by atoms with E-state index < -0.39 is 22.5 Å². The van der Waals surface area contributed by atoms with Crippen LogP contribution >= 0.6 is 28.6 Å². The van der Waals surface area contributed by atoms with Crippen molar-refractivity contribution in [2.45, 2.75) is 11.1 Å². The van der Waals surface area contributed by atoms with Crippen molar-refractivity contribution in [1.29, 1.82) is 0 Å². The van der Waals surface area contributed by atoms with Crippen molar-refractivity contribution >= 4 is 28.6 Å². The Morgan fingerprint density at radius 2 is 1.77 bits per heavy atom. The fourth-order valence-electron chi connectivity index (χ4n) is 0.769. The fraction of sp³-hybridized carbons (Fsp3) is 0.143. The Labute approximate surface area is 85.5 Å². The quantitative estimate of drug-likeness (QED) is 0.539. The highest BCUT2D eigenvalue weighted by Gasteiger charge is 2.34. The topological polar surface area (TPSA) is 0 Å². The molecule has 0 nitrogen and oxygen atoms in total. The molecule has 13 heavy (non-hydrogen) atoms. The lowest BCUT2D eigenvalue weighted by Crippen LogP contribution is -2.07. The maximum absolute atomic E-state index is 12.9. The molecule has 0 amide bonds. The zero-order valence-electron chi connectivity index (χ0n) is 5.99. The largest absolute Gasteiger partial charge is 0.417 e. The number of rotatable bonds is 0. The van der Waals surface area contributed by atoms with Crippen molar-refractivity contribution in [1.82, 2.24) is 0 Å². The molecule has 0 aliphatic carbocycles. The van der Waals surface area contributed by atoms with Crippen molar-refractivity contribution < 1.29 is 17.6 Å². The summed E-state index contributed by atoms with van der Waals surface area (Å²) in [4.78, 5) is -0.693. The number of benzene rings is 1. The highest BCUT2D eigenvalue weighted by molar-refractivity contribution is 9.10. The van der Waals surface area contributed by atoms with E-state index in [4.69, 9.17) is 0 Å². The minimum atomic E-state index is -4.57. The van der Waals surface area contributed by atoms with Crippen LogP contribution in [0.4, 0.5) is 17.6 Å². The highest BCUT2D eigenvalue weighted by atomic mass is 79.9. The lowest BCUT2D eigenvalue weighted by Gasteiger charge is -2.10. The number of alkyl halides is 3. The first-order valence-electron chi connectivity index (χ1n) is 3.08. The van der Waals surface area contributed by atoms with Gasteiger partial charge in [0.25, 0.3) is 0 Å². The molecule has 0 aliphatic heterocycles. The summed E-state index contributed by atoms with van der Waals surface area (Å²) in [5, 5.41) is 0. The van der Waals surface area contributed by atoms with E-state index in [1.54, 1.807) is 0 Å². The lowest BCUT2D eigenvalue weighted by molar-refractivity contribution is -0.140. The molecule has 1 rings (SSSR count). The average Bonchev–Trinajstić information content (AvgIpc) is 1.98. The molecule has 1 aromatic rings. The van der Waals surface area contributed by atoms with Crippen LogP contribution in [0.25, 0.3) is 0 Å². The SMILES string of the molecule is Fc1c(Br)ccc(C(F)(F)F)c1S. The second-order valence-corrected chi connectivity index (χ2v) is 3.56. The van der Waals surface area contributed by atoms with Crippen LogP contribution in [0.2, 0.25) is 0 Å². The van der Waals surface area contributed by atoms with Crippen molar-refractivity contribution in [3.63, 3.8) is 0 Å². The van der Waals surface area contributed by atoms with E-state index >= 15 is 0 Å². The molecule has 0 radical (unpaired) electrons. The molecule has 6 heteroatoms. The van der Waals surface area contributed by atoms with Crippen LogP contribution < -0.4 is 0 Å². The van der Waals surface area contributed by atoms with Gasteiger partial charge in [-0.3, -0.25) is 0 Å². The van der Waals surface area contributed by atoms with Crippen LogP contribution in [0.3, 0.4) is 0 Å². The van der Waals surface area contributed by atoms with Crippen LogP contribution in [0, 0.1) is 5.82 Å². The smallest absolute Gasteiger partial charge is 0.205 e. The van der Waals surface area contributed by atoms with Crippen LogP contribution in [0.15, 0.2) is 21.5 Å². The third-order valence-corrected chi connectivity index (χ3v) is 2.42. The zero-order chi connectivity index (χ0) is 10.2. The number of thiol groups is 1. The van der Waals surface area contributed by atoms with E-state index in [0.29, 0.717) is 0 Å². The van der Waals surface area contributed by atoms with Crippen molar-refractivity contribution in [2.75, 3.05) is 0 Å². The summed E-state index contributed by atoms with van der Waals surface area (Å²) >= 11 is 6.21. The third kappa shape index (κ3) is 2.17. The fourth-order valence-corrected chi connectivity index (χ4v) is 1.57. The molecule has 0 unspecified atom stereocenters. The van der Waals surface area contributed by atoms with E-state index in [1.165, 1.54) is 0 Å². The maximum atomic E-state index is 12.9. The molecule has 72 valence electrons. The molecule has 0 fully saturated rings. The van der Waals surface area contributed by atoms with Crippen molar-refractivity contribution in [2.24, 2.45) is 0 Å². The van der Waals surface area contributed by atoms with Crippen LogP contribution in [-0.4, -0.2) is 0 Å². The molecular formula is C7H3BrF4S. The molecule has 0 bridgehead atoms. The highest BCUT2D eigenvalue weighted by Crippen LogP contribution is 2.36. The van der Waals surface area contributed by atoms with Crippen LogP contribution in [0.5, 0.6) is 0 Å². The molecule has 0 N–H and O–H groups in total. The standard InChI is InChI=1S/C7H3BrF4S/c8-4-2-1-3(7(10,11)12)6(13)5(4)9/h1-2,13H. The van der Waals surface area contributed by atoms with Crippen LogP contribution in [0.1, 0.15) is 5.56 Å². The summed E-state index contributed by atoms with van der Waals surface area (Å²) in [5.74, 6) is -1.00. The van der Waals surface area contributed by atoms with Gasteiger partial charge in [-0.1, -0.05) is 0 Å².